The molecule has 1 aliphatic carbocycles. The summed E-state index contributed by atoms with van der Waals surface area (Å²) in [7, 11) is 0. The van der Waals surface area contributed by atoms with Crippen LogP contribution in [0.1, 0.15) is 37.8 Å². The van der Waals surface area contributed by atoms with E-state index in [0.29, 0.717) is 0 Å². The number of benzene rings is 4. The second-order valence-electron chi connectivity index (χ2n) is 7.88. The molecular formula is C24H22. The first kappa shape index (κ1) is 14.0. The van der Waals surface area contributed by atoms with E-state index in [9.17, 15) is 0 Å². The van der Waals surface area contributed by atoms with E-state index in [-0.39, 0.29) is 5.41 Å². The van der Waals surface area contributed by atoms with Gasteiger partial charge in [0.15, 0.2) is 0 Å². The molecule has 0 fully saturated rings. The zero-order valence-corrected chi connectivity index (χ0v) is 14.4. The zero-order valence-electron chi connectivity index (χ0n) is 14.4. The van der Waals surface area contributed by atoms with Crippen LogP contribution in [-0.2, 0) is 11.8 Å². The Morgan fingerprint density at radius 3 is 2.25 bits per heavy atom. The van der Waals surface area contributed by atoms with E-state index in [4.69, 9.17) is 0 Å². The third-order valence-corrected chi connectivity index (χ3v) is 5.93. The van der Waals surface area contributed by atoms with E-state index in [2.05, 4.69) is 74.5 Å². The highest BCUT2D eigenvalue weighted by Crippen LogP contribution is 2.43. The molecule has 0 radical (unpaired) electrons. The second kappa shape index (κ2) is 4.83. The van der Waals surface area contributed by atoms with Gasteiger partial charge >= 0.3 is 0 Å². The van der Waals surface area contributed by atoms with Crippen molar-refractivity contribution < 1.29 is 0 Å². The summed E-state index contributed by atoms with van der Waals surface area (Å²) < 4.78 is 0. The first-order valence-electron chi connectivity index (χ1n) is 9.02. The van der Waals surface area contributed by atoms with E-state index < -0.39 is 0 Å². The molecular weight excluding hydrogens is 288 g/mol. The Morgan fingerprint density at radius 2 is 1.33 bits per heavy atom. The largest absolute Gasteiger partial charge is 0.0616 e. The highest BCUT2D eigenvalue weighted by molar-refractivity contribution is 6.17. The molecule has 4 aromatic carbocycles. The summed E-state index contributed by atoms with van der Waals surface area (Å²) in [5.41, 5.74) is 3.41. The lowest BCUT2D eigenvalue weighted by Crippen LogP contribution is -2.24. The molecule has 0 unspecified atom stereocenters. The van der Waals surface area contributed by atoms with Crippen molar-refractivity contribution >= 4 is 32.3 Å². The Balaban J connectivity index is 1.95. The second-order valence-corrected chi connectivity index (χ2v) is 7.88. The summed E-state index contributed by atoms with van der Waals surface area (Å²) in [4.78, 5) is 0. The first-order valence-corrected chi connectivity index (χ1v) is 9.02. The van der Waals surface area contributed by atoms with Gasteiger partial charge in [0.1, 0.15) is 0 Å². The Morgan fingerprint density at radius 1 is 0.667 bits per heavy atom. The van der Waals surface area contributed by atoms with Crippen LogP contribution in [0.5, 0.6) is 0 Å². The van der Waals surface area contributed by atoms with E-state index in [1.807, 2.05) is 0 Å². The maximum absolute atomic E-state index is 2.41. The zero-order chi connectivity index (χ0) is 16.3. The summed E-state index contributed by atoms with van der Waals surface area (Å²) in [5, 5.41) is 8.30. The van der Waals surface area contributed by atoms with Gasteiger partial charge in [-0.1, -0.05) is 74.5 Å². The molecule has 0 heteroatoms. The van der Waals surface area contributed by atoms with Crippen molar-refractivity contribution in [3.8, 4) is 0 Å². The highest BCUT2D eigenvalue weighted by Gasteiger charge is 2.29. The van der Waals surface area contributed by atoms with Gasteiger partial charge in [-0.15, -0.1) is 0 Å². The van der Waals surface area contributed by atoms with Crippen molar-refractivity contribution in [1.29, 1.82) is 0 Å². The van der Waals surface area contributed by atoms with Crippen LogP contribution in [0.4, 0.5) is 0 Å². The van der Waals surface area contributed by atoms with E-state index >= 15 is 0 Å². The van der Waals surface area contributed by atoms with E-state index in [1.165, 1.54) is 51.6 Å². The molecule has 0 nitrogen and oxygen atoms in total. The molecule has 4 aromatic rings. The normalized spacial score (nSPS) is 16.6. The fraction of sp³-hybridized carbons (Fsp3) is 0.250. The minimum absolute atomic E-state index is 0.275. The topological polar surface area (TPSA) is 0 Å². The lowest BCUT2D eigenvalue weighted by Gasteiger charge is -2.34. The van der Waals surface area contributed by atoms with Gasteiger partial charge in [-0.3, -0.25) is 0 Å². The predicted molar refractivity (Wildman–Crippen MR) is 105 cm³/mol. The molecule has 24 heavy (non-hydrogen) atoms. The predicted octanol–water partition coefficient (Wildman–Crippen LogP) is 6.76. The molecule has 0 saturated heterocycles. The summed E-state index contributed by atoms with van der Waals surface area (Å²) in [6, 6.07) is 22.7. The molecule has 5 rings (SSSR count). The Labute approximate surface area is 143 Å². The Kier molecular flexibility index (Phi) is 2.83. The fourth-order valence-electron chi connectivity index (χ4n) is 4.80. The van der Waals surface area contributed by atoms with Crippen molar-refractivity contribution in [2.75, 3.05) is 0 Å². The highest BCUT2D eigenvalue weighted by atomic mass is 14.3. The molecule has 1 aliphatic rings. The maximum Gasteiger partial charge on any atom is -0.00946 e. The number of fused-ring (bicyclic) bond motifs is 7. The maximum atomic E-state index is 2.41. The van der Waals surface area contributed by atoms with Crippen LogP contribution >= 0.6 is 0 Å². The standard InChI is InChI=1S/C24H22/c1-24(2)15-5-7-17-10-12-21-20-11-9-16-6-3-4-8-18(16)19(20)13-14-22(21)23(17)24/h3-4,6,8-14H,5,7,15H2,1-2H3. The monoisotopic (exact) mass is 310 g/mol. The van der Waals surface area contributed by atoms with Crippen LogP contribution in [0.3, 0.4) is 0 Å². The Bertz CT molecular complexity index is 1100. The van der Waals surface area contributed by atoms with Crippen LogP contribution in [-0.4, -0.2) is 0 Å². The molecule has 0 atom stereocenters. The minimum Gasteiger partial charge on any atom is -0.0616 e. The lowest BCUT2D eigenvalue weighted by molar-refractivity contribution is 0.436. The van der Waals surface area contributed by atoms with Crippen molar-refractivity contribution in [3.63, 3.8) is 0 Å². The van der Waals surface area contributed by atoms with Crippen molar-refractivity contribution in [1.82, 2.24) is 0 Å². The average molecular weight is 310 g/mol. The SMILES string of the molecule is CC1(C)CCCc2ccc3c(ccc4c5ccccc5ccc34)c21. The van der Waals surface area contributed by atoms with Crippen molar-refractivity contribution in [2.45, 2.75) is 38.5 Å². The molecule has 0 bridgehead atoms. The molecule has 0 aliphatic heterocycles. The van der Waals surface area contributed by atoms with Gasteiger partial charge < -0.3 is 0 Å². The minimum atomic E-state index is 0.275. The van der Waals surface area contributed by atoms with Crippen molar-refractivity contribution in [2.24, 2.45) is 0 Å². The molecule has 0 spiro atoms. The number of hydrogen-bond acceptors (Lipinski definition) is 0. The Hall–Kier alpha value is -2.34. The van der Waals surface area contributed by atoms with Gasteiger partial charge in [0.05, 0.1) is 0 Å². The van der Waals surface area contributed by atoms with E-state index in [1.54, 1.807) is 11.1 Å². The molecule has 0 N–H and O–H groups in total. The fourth-order valence-corrected chi connectivity index (χ4v) is 4.80. The van der Waals surface area contributed by atoms with Gasteiger partial charge in [-0.25, -0.2) is 0 Å². The molecule has 0 heterocycles. The number of hydrogen-bond donors (Lipinski definition) is 0. The van der Waals surface area contributed by atoms with Gasteiger partial charge in [0, 0.05) is 0 Å². The van der Waals surface area contributed by atoms with E-state index in [0.717, 1.165) is 0 Å². The summed E-state index contributed by atoms with van der Waals surface area (Å²) >= 11 is 0. The summed E-state index contributed by atoms with van der Waals surface area (Å²) in [5.74, 6) is 0. The third kappa shape index (κ3) is 1.86. The van der Waals surface area contributed by atoms with Crippen molar-refractivity contribution in [3.05, 3.63) is 71.8 Å². The first-order chi connectivity index (χ1) is 11.6. The molecule has 0 saturated carbocycles. The van der Waals surface area contributed by atoms with Gasteiger partial charge in [-0.05, 0) is 68.1 Å². The van der Waals surface area contributed by atoms with Crippen LogP contribution in [0.15, 0.2) is 60.7 Å². The summed E-state index contributed by atoms with van der Waals surface area (Å²) in [6.45, 7) is 4.82. The molecule has 0 aromatic heterocycles. The van der Waals surface area contributed by atoms with Gasteiger partial charge in [-0.2, -0.15) is 0 Å². The van der Waals surface area contributed by atoms with Gasteiger partial charge in [0.2, 0.25) is 0 Å². The summed E-state index contributed by atoms with van der Waals surface area (Å²) in [6.07, 6.45) is 3.82. The van der Waals surface area contributed by atoms with Crippen LogP contribution in [0.25, 0.3) is 32.3 Å². The number of aryl methyl sites for hydroxylation is 1. The lowest BCUT2D eigenvalue weighted by atomic mass is 9.70. The van der Waals surface area contributed by atoms with Gasteiger partial charge in [0.25, 0.3) is 0 Å². The third-order valence-electron chi connectivity index (χ3n) is 5.93. The van der Waals surface area contributed by atoms with Crippen LogP contribution in [0.2, 0.25) is 0 Å². The molecule has 118 valence electrons. The van der Waals surface area contributed by atoms with Crippen LogP contribution < -0.4 is 0 Å². The quantitative estimate of drug-likeness (QED) is 0.315. The average Bonchev–Trinajstić information content (AvgIpc) is 2.60. The molecule has 0 amide bonds. The smallest absolute Gasteiger partial charge is 0.00946 e. The number of rotatable bonds is 0. The van der Waals surface area contributed by atoms with Crippen LogP contribution in [0, 0.1) is 0 Å².